The van der Waals surface area contributed by atoms with E-state index in [2.05, 4.69) is 5.32 Å². The van der Waals surface area contributed by atoms with E-state index in [1.807, 2.05) is 27.7 Å². The summed E-state index contributed by atoms with van der Waals surface area (Å²) >= 11 is 0. The van der Waals surface area contributed by atoms with Crippen molar-refractivity contribution in [2.24, 2.45) is 0 Å². The number of nitrogens with two attached hydrogens (primary N) is 1. The average molecular weight is 312 g/mol. The predicted octanol–water partition coefficient (Wildman–Crippen LogP) is 2.08. The van der Waals surface area contributed by atoms with Crippen molar-refractivity contribution in [1.82, 2.24) is 5.32 Å². The highest BCUT2D eigenvalue weighted by Gasteiger charge is 2.20. The summed E-state index contributed by atoms with van der Waals surface area (Å²) in [6, 6.07) is 5.00. The number of amides is 1. The predicted molar refractivity (Wildman–Crippen MR) is 85.8 cm³/mol. The fourth-order valence-electron chi connectivity index (χ4n) is 1.67. The van der Waals surface area contributed by atoms with E-state index >= 15 is 0 Å². The van der Waals surface area contributed by atoms with Crippen LogP contribution in [0, 0.1) is 0 Å². The Kier molecular flexibility index (Phi) is 6.20. The summed E-state index contributed by atoms with van der Waals surface area (Å²) in [5.41, 5.74) is 5.93. The van der Waals surface area contributed by atoms with Gasteiger partial charge in [-0.2, -0.15) is 0 Å². The second-order valence-corrected chi connectivity index (χ2v) is 6.83. The SMILES string of the molecule is CCOc1ccc(N)c(S(=O)CC(=O)NC(C)(C)CC)c1. The fraction of sp³-hybridized carbons (Fsp3) is 0.533. The number of nitrogens with one attached hydrogen (secondary N) is 1. The molecule has 1 aromatic rings. The zero-order valence-corrected chi connectivity index (χ0v) is 13.9. The average Bonchev–Trinajstić information content (AvgIpc) is 2.40. The lowest BCUT2D eigenvalue weighted by molar-refractivity contribution is -0.120. The normalized spacial score (nSPS) is 12.8. The summed E-state index contributed by atoms with van der Waals surface area (Å²) in [4.78, 5) is 12.4. The van der Waals surface area contributed by atoms with E-state index in [-0.39, 0.29) is 17.2 Å². The largest absolute Gasteiger partial charge is 0.494 e. The Hall–Kier alpha value is -1.56. The van der Waals surface area contributed by atoms with Crippen LogP contribution in [-0.2, 0) is 15.6 Å². The van der Waals surface area contributed by atoms with Gasteiger partial charge in [0.1, 0.15) is 11.5 Å². The Morgan fingerprint density at radius 1 is 1.38 bits per heavy atom. The summed E-state index contributed by atoms with van der Waals surface area (Å²) in [6.07, 6.45) is 0.799. The van der Waals surface area contributed by atoms with Gasteiger partial charge in [-0.05, 0) is 45.4 Å². The Balaban J connectivity index is 2.80. The van der Waals surface area contributed by atoms with E-state index in [1.54, 1.807) is 18.2 Å². The molecule has 0 aromatic heterocycles. The summed E-state index contributed by atoms with van der Waals surface area (Å²) in [6.45, 7) is 8.23. The third-order valence-corrected chi connectivity index (χ3v) is 4.53. The van der Waals surface area contributed by atoms with Gasteiger partial charge in [0.25, 0.3) is 0 Å². The molecule has 0 fully saturated rings. The first-order valence-corrected chi connectivity index (χ1v) is 8.32. The van der Waals surface area contributed by atoms with Crippen LogP contribution in [0.5, 0.6) is 5.75 Å². The van der Waals surface area contributed by atoms with E-state index in [0.717, 1.165) is 6.42 Å². The van der Waals surface area contributed by atoms with Crippen molar-refractivity contribution in [3.05, 3.63) is 18.2 Å². The number of hydrogen-bond acceptors (Lipinski definition) is 4. The van der Waals surface area contributed by atoms with Gasteiger partial charge in [0.2, 0.25) is 5.91 Å². The number of benzene rings is 1. The summed E-state index contributed by atoms with van der Waals surface area (Å²) in [5, 5.41) is 2.86. The molecule has 0 bridgehead atoms. The fourth-order valence-corrected chi connectivity index (χ4v) is 2.71. The number of ether oxygens (including phenoxy) is 1. The molecule has 1 rings (SSSR count). The maximum absolute atomic E-state index is 12.3. The molecule has 5 nitrogen and oxygen atoms in total. The van der Waals surface area contributed by atoms with Gasteiger partial charge in [0.15, 0.2) is 0 Å². The van der Waals surface area contributed by atoms with E-state index in [0.29, 0.717) is 22.9 Å². The highest BCUT2D eigenvalue weighted by molar-refractivity contribution is 7.86. The molecule has 1 aromatic carbocycles. The smallest absolute Gasteiger partial charge is 0.233 e. The van der Waals surface area contributed by atoms with Gasteiger partial charge in [-0.15, -0.1) is 0 Å². The molecular weight excluding hydrogens is 288 g/mol. The van der Waals surface area contributed by atoms with E-state index in [9.17, 15) is 9.00 Å². The molecule has 0 radical (unpaired) electrons. The second kappa shape index (κ2) is 7.45. The van der Waals surface area contributed by atoms with Gasteiger partial charge < -0.3 is 15.8 Å². The number of carbonyl (C=O) groups is 1. The zero-order chi connectivity index (χ0) is 16.0. The first-order chi connectivity index (χ1) is 9.79. The highest BCUT2D eigenvalue weighted by atomic mass is 32.2. The lowest BCUT2D eigenvalue weighted by atomic mass is 10.0. The molecule has 6 heteroatoms. The lowest BCUT2D eigenvalue weighted by Gasteiger charge is -2.24. The van der Waals surface area contributed by atoms with Crippen molar-refractivity contribution < 1.29 is 13.7 Å². The molecule has 21 heavy (non-hydrogen) atoms. The van der Waals surface area contributed by atoms with Crippen molar-refractivity contribution in [1.29, 1.82) is 0 Å². The molecule has 1 atom stereocenters. The van der Waals surface area contributed by atoms with Crippen LogP contribution in [0.3, 0.4) is 0 Å². The van der Waals surface area contributed by atoms with Gasteiger partial charge in [-0.1, -0.05) is 6.92 Å². The van der Waals surface area contributed by atoms with Crippen molar-refractivity contribution >= 4 is 22.4 Å². The monoisotopic (exact) mass is 312 g/mol. The van der Waals surface area contributed by atoms with Crippen LogP contribution in [-0.4, -0.2) is 28.0 Å². The third kappa shape index (κ3) is 5.38. The molecule has 0 heterocycles. The van der Waals surface area contributed by atoms with Crippen LogP contribution in [0.25, 0.3) is 0 Å². The van der Waals surface area contributed by atoms with E-state index in [4.69, 9.17) is 10.5 Å². The van der Waals surface area contributed by atoms with Gasteiger partial charge >= 0.3 is 0 Å². The molecule has 118 valence electrons. The number of anilines is 1. The first-order valence-electron chi connectivity index (χ1n) is 7.00. The standard InChI is InChI=1S/C15H24N2O3S/c1-5-15(3,4)17-14(18)10-21(19)13-9-11(20-6-2)7-8-12(13)16/h7-9H,5-6,10,16H2,1-4H3,(H,17,18). The Morgan fingerprint density at radius 3 is 2.62 bits per heavy atom. The van der Waals surface area contributed by atoms with Crippen LogP contribution >= 0.6 is 0 Å². The molecule has 0 aliphatic rings. The maximum atomic E-state index is 12.3. The first kappa shape index (κ1) is 17.5. The molecule has 1 unspecified atom stereocenters. The van der Waals surface area contributed by atoms with Crippen molar-refractivity contribution in [3.63, 3.8) is 0 Å². The minimum absolute atomic E-state index is 0.108. The quantitative estimate of drug-likeness (QED) is 0.755. The van der Waals surface area contributed by atoms with Crippen molar-refractivity contribution in [2.75, 3.05) is 18.1 Å². The minimum atomic E-state index is -1.49. The maximum Gasteiger partial charge on any atom is 0.233 e. The third-order valence-electron chi connectivity index (χ3n) is 3.17. The van der Waals surface area contributed by atoms with Gasteiger partial charge in [0.05, 0.1) is 22.3 Å². The van der Waals surface area contributed by atoms with Crippen LogP contribution < -0.4 is 15.8 Å². The zero-order valence-electron chi connectivity index (χ0n) is 13.1. The molecule has 0 saturated heterocycles. The molecule has 0 saturated carbocycles. The molecule has 0 aliphatic heterocycles. The number of hydrogen-bond donors (Lipinski definition) is 2. The van der Waals surface area contributed by atoms with Gasteiger partial charge in [0, 0.05) is 11.2 Å². The second-order valence-electron chi connectivity index (χ2n) is 5.41. The van der Waals surface area contributed by atoms with Crippen molar-refractivity contribution in [2.45, 2.75) is 44.6 Å². The summed E-state index contributed by atoms with van der Waals surface area (Å²) in [7, 11) is -1.49. The van der Waals surface area contributed by atoms with Crippen LogP contribution in [0.1, 0.15) is 34.1 Å². The lowest BCUT2D eigenvalue weighted by Crippen LogP contribution is -2.44. The van der Waals surface area contributed by atoms with Crippen molar-refractivity contribution in [3.8, 4) is 5.75 Å². The Morgan fingerprint density at radius 2 is 2.05 bits per heavy atom. The molecule has 1 amide bonds. The molecular formula is C15H24N2O3S. The van der Waals surface area contributed by atoms with Crippen LogP contribution in [0.15, 0.2) is 23.1 Å². The molecule has 3 N–H and O–H groups in total. The Labute approximate surface area is 128 Å². The van der Waals surface area contributed by atoms with E-state index < -0.39 is 10.8 Å². The van der Waals surface area contributed by atoms with Crippen LogP contribution in [0.2, 0.25) is 0 Å². The Bertz CT molecular complexity index is 530. The highest BCUT2D eigenvalue weighted by Crippen LogP contribution is 2.23. The summed E-state index contributed by atoms with van der Waals surface area (Å²) in [5.74, 6) is 0.245. The van der Waals surface area contributed by atoms with Crippen LogP contribution in [0.4, 0.5) is 5.69 Å². The summed E-state index contributed by atoms with van der Waals surface area (Å²) < 4.78 is 17.7. The number of rotatable bonds is 7. The topological polar surface area (TPSA) is 81.4 Å². The number of carbonyl (C=O) groups excluding carboxylic acids is 1. The van der Waals surface area contributed by atoms with Gasteiger partial charge in [-0.25, -0.2) is 0 Å². The molecule has 0 aliphatic carbocycles. The molecule has 0 spiro atoms. The van der Waals surface area contributed by atoms with E-state index in [1.165, 1.54) is 0 Å². The number of nitrogen functional groups attached to an aromatic ring is 1. The van der Waals surface area contributed by atoms with Gasteiger partial charge in [-0.3, -0.25) is 9.00 Å². The minimum Gasteiger partial charge on any atom is -0.494 e.